The third kappa shape index (κ3) is 2.58. The Bertz CT molecular complexity index is 681. The molecule has 100 valence electrons. The zero-order chi connectivity index (χ0) is 14.0. The van der Waals surface area contributed by atoms with Crippen LogP contribution in [-0.4, -0.2) is 11.0 Å². The minimum absolute atomic E-state index is 0.0638. The van der Waals surface area contributed by atoms with Gasteiger partial charge in [0.1, 0.15) is 5.69 Å². The number of rotatable bonds is 4. The predicted molar refractivity (Wildman–Crippen MR) is 78.1 cm³/mol. The van der Waals surface area contributed by atoms with Crippen molar-refractivity contribution in [2.75, 3.05) is 5.32 Å². The van der Waals surface area contributed by atoms with Crippen LogP contribution in [0.15, 0.2) is 29.1 Å². The Morgan fingerprint density at radius 3 is 2.74 bits per heavy atom. The van der Waals surface area contributed by atoms with Crippen molar-refractivity contribution in [3.05, 3.63) is 43.9 Å². The molecule has 2 rings (SSSR count). The van der Waals surface area contributed by atoms with Gasteiger partial charge in [-0.1, -0.05) is 36.5 Å². The third-order valence-electron chi connectivity index (χ3n) is 2.97. The summed E-state index contributed by atoms with van der Waals surface area (Å²) >= 11 is 0.908. The number of nitro groups is 1. The van der Waals surface area contributed by atoms with E-state index in [1.54, 1.807) is 12.1 Å². The molecular weight excluding hydrogens is 264 g/mol. The molecule has 0 saturated heterocycles. The summed E-state index contributed by atoms with van der Waals surface area (Å²) < 4.78 is 0.235. The van der Waals surface area contributed by atoms with Gasteiger partial charge >= 0.3 is 10.4 Å². The molecule has 6 heteroatoms. The second-order valence-corrected chi connectivity index (χ2v) is 5.33. The maximum absolute atomic E-state index is 11.9. The molecule has 0 amide bonds. The summed E-state index contributed by atoms with van der Waals surface area (Å²) in [6.45, 7) is 3.91. The van der Waals surface area contributed by atoms with Crippen LogP contribution in [-0.2, 0) is 0 Å². The fraction of sp³-hybridized carbons (Fsp3) is 0.308. The molecule has 1 heterocycles. The van der Waals surface area contributed by atoms with Crippen molar-refractivity contribution in [3.8, 4) is 0 Å². The van der Waals surface area contributed by atoms with Gasteiger partial charge in [-0.25, -0.2) is 0 Å². The standard InChI is InChI=1S/C13H14N2O3S/c1-3-8(2)14-11-9-6-4-5-7-10(9)19-13(16)12(11)15(17)18/h4-8,14H,3H2,1-2H3. The monoisotopic (exact) mass is 278 g/mol. The minimum Gasteiger partial charge on any atom is -0.376 e. The van der Waals surface area contributed by atoms with Crippen LogP contribution in [0.3, 0.4) is 0 Å². The van der Waals surface area contributed by atoms with Crippen molar-refractivity contribution in [1.29, 1.82) is 0 Å². The van der Waals surface area contributed by atoms with Crippen LogP contribution >= 0.6 is 11.3 Å². The van der Waals surface area contributed by atoms with E-state index in [1.807, 2.05) is 26.0 Å². The van der Waals surface area contributed by atoms with E-state index in [9.17, 15) is 14.9 Å². The molecule has 0 aliphatic heterocycles. The molecule has 2 aromatic rings. The first-order valence-corrected chi connectivity index (χ1v) is 6.83. The molecule has 0 bridgehead atoms. The van der Waals surface area contributed by atoms with Crippen LogP contribution in [0, 0.1) is 10.1 Å². The lowest BCUT2D eigenvalue weighted by Gasteiger charge is -2.14. The molecule has 0 saturated carbocycles. The highest BCUT2D eigenvalue weighted by atomic mass is 32.1. The molecule has 0 spiro atoms. The average Bonchev–Trinajstić information content (AvgIpc) is 2.37. The van der Waals surface area contributed by atoms with Crippen LogP contribution in [0.2, 0.25) is 0 Å². The van der Waals surface area contributed by atoms with Crippen LogP contribution in [0.5, 0.6) is 0 Å². The first kappa shape index (κ1) is 13.5. The number of nitrogens with zero attached hydrogens (tertiary/aromatic N) is 1. The number of fused-ring (bicyclic) bond motifs is 1. The Kier molecular flexibility index (Phi) is 3.80. The maximum atomic E-state index is 11.9. The number of benzene rings is 1. The molecule has 0 fully saturated rings. The van der Waals surface area contributed by atoms with Crippen molar-refractivity contribution < 1.29 is 4.92 Å². The molecule has 0 aliphatic carbocycles. The topological polar surface area (TPSA) is 72.2 Å². The lowest BCUT2D eigenvalue weighted by Crippen LogP contribution is -2.17. The van der Waals surface area contributed by atoms with Gasteiger partial charge in [-0.3, -0.25) is 14.9 Å². The Hall–Kier alpha value is -1.95. The van der Waals surface area contributed by atoms with E-state index in [0.29, 0.717) is 5.69 Å². The Morgan fingerprint density at radius 2 is 2.11 bits per heavy atom. The largest absolute Gasteiger partial charge is 0.376 e. The summed E-state index contributed by atoms with van der Waals surface area (Å²) in [5.74, 6) is 0. The van der Waals surface area contributed by atoms with Crippen LogP contribution < -0.4 is 10.1 Å². The molecular formula is C13H14N2O3S. The Morgan fingerprint density at radius 1 is 1.42 bits per heavy atom. The molecule has 5 nitrogen and oxygen atoms in total. The molecule has 0 radical (unpaired) electrons. The average molecular weight is 278 g/mol. The number of anilines is 1. The van der Waals surface area contributed by atoms with E-state index in [1.165, 1.54) is 0 Å². The van der Waals surface area contributed by atoms with Gasteiger partial charge in [-0.15, -0.1) is 0 Å². The molecule has 1 aromatic carbocycles. The van der Waals surface area contributed by atoms with Gasteiger partial charge in [0.25, 0.3) is 0 Å². The van der Waals surface area contributed by atoms with Crippen molar-refractivity contribution in [1.82, 2.24) is 0 Å². The van der Waals surface area contributed by atoms with Crippen LogP contribution in [0.25, 0.3) is 10.1 Å². The van der Waals surface area contributed by atoms with Gasteiger partial charge < -0.3 is 5.32 Å². The van der Waals surface area contributed by atoms with Crippen LogP contribution in [0.4, 0.5) is 11.4 Å². The van der Waals surface area contributed by atoms with E-state index >= 15 is 0 Å². The number of hydrogen-bond donors (Lipinski definition) is 1. The van der Waals surface area contributed by atoms with Crippen molar-refractivity contribution >= 4 is 32.8 Å². The van der Waals surface area contributed by atoms with E-state index in [-0.39, 0.29) is 11.7 Å². The van der Waals surface area contributed by atoms with E-state index in [2.05, 4.69) is 5.32 Å². The Labute approximate surface area is 114 Å². The molecule has 19 heavy (non-hydrogen) atoms. The fourth-order valence-corrected chi connectivity index (χ4v) is 2.70. The molecule has 1 unspecified atom stereocenters. The van der Waals surface area contributed by atoms with Gasteiger partial charge in [-0.2, -0.15) is 0 Å². The first-order valence-electron chi connectivity index (χ1n) is 6.01. The summed E-state index contributed by atoms with van der Waals surface area (Å²) in [4.78, 5) is 22.4. The van der Waals surface area contributed by atoms with Crippen molar-refractivity contribution in [3.63, 3.8) is 0 Å². The first-order chi connectivity index (χ1) is 9.04. The quantitative estimate of drug-likeness (QED) is 0.687. The van der Waals surface area contributed by atoms with Crippen molar-refractivity contribution in [2.45, 2.75) is 26.3 Å². The van der Waals surface area contributed by atoms with Gasteiger partial charge in [-0.05, 0) is 19.4 Å². The number of nitrogens with one attached hydrogen (secondary N) is 1. The highest BCUT2D eigenvalue weighted by Crippen LogP contribution is 2.32. The van der Waals surface area contributed by atoms with E-state index in [4.69, 9.17) is 0 Å². The van der Waals surface area contributed by atoms with Gasteiger partial charge in [0, 0.05) is 16.1 Å². The SMILES string of the molecule is CCC(C)Nc1c([N+](=O)[O-])c(=O)sc2ccccc12. The zero-order valence-electron chi connectivity index (χ0n) is 10.7. The predicted octanol–water partition coefficient (Wildman–Crippen LogP) is 3.38. The van der Waals surface area contributed by atoms with Gasteiger partial charge in [0.2, 0.25) is 0 Å². The smallest absolute Gasteiger partial charge is 0.350 e. The van der Waals surface area contributed by atoms with E-state index in [0.717, 1.165) is 27.8 Å². The highest BCUT2D eigenvalue weighted by Gasteiger charge is 2.23. The second kappa shape index (κ2) is 5.36. The summed E-state index contributed by atoms with van der Waals surface area (Å²) in [7, 11) is 0. The third-order valence-corrected chi connectivity index (χ3v) is 3.93. The minimum atomic E-state index is -0.601. The lowest BCUT2D eigenvalue weighted by molar-refractivity contribution is -0.384. The second-order valence-electron chi connectivity index (χ2n) is 4.32. The highest BCUT2D eigenvalue weighted by molar-refractivity contribution is 7.16. The summed E-state index contributed by atoms with van der Waals surface area (Å²) in [5, 5.41) is 14.9. The van der Waals surface area contributed by atoms with Gasteiger partial charge in [0.05, 0.1) is 4.92 Å². The lowest BCUT2D eigenvalue weighted by atomic mass is 10.1. The zero-order valence-corrected chi connectivity index (χ0v) is 11.5. The summed E-state index contributed by atoms with van der Waals surface area (Å²) in [6, 6.07) is 7.28. The molecule has 1 aromatic heterocycles. The van der Waals surface area contributed by atoms with Crippen molar-refractivity contribution in [2.24, 2.45) is 0 Å². The van der Waals surface area contributed by atoms with Gasteiger partial charge in [0.15, 0.2) is 0 Å². The fourth-order valence-electron chi connectivity index (χ4n) is 1.80. The number of hydrogen-bond acceptors (Lipinski definition) is 5. The van der Waals surface area contributed by atoms with E-state index < -0.39 is 9.67 Å². The van der Waals surface area contributed by atoms with Crippen LogP contribution in [0.1, 0.15) is 20.3 Å². The maximum Gasteiger partial charge on any atom is 0.350 e. The summed E-state index contributed by atoms with van der Waals surface area (Å²) in [5.41, 5.74) is -0.0253. The Balaban J connectivity index is 2.76. The summed E-state index contributed by atoms with van der Waals surface area (Å²) in [6.07, 6.45) is 0.817. The molecule has 0 aliphatic rings. The normalized spacial score (nSPS) is 12.3. The molecule has 1 atom stereocenters. The molecule has 1 N–H and O–H groups in total.